The van der Waals surface area contributed by atoms with Crippen molar-refractivity contribution < 1.29 is 24.3 Å². The van der Waals surface area contributed by atoms with E-state index < -0.39 is 17.9 Å². The molecule has 1 aliphatic rings. The van der Waals surface area contributed by atoms with Crippen LogP contribution in [-0.2, 0) is 14.4 Å². The van der Waals surface area contributed by atoms with Crippen molar-refractivity contribution in [2.75, 3.05) is 19.6 Å². The molecule has 1 heterocycles. The molecule has 0 atom stereocenters. The van der Waals surface area contributed by atoms with Crippen LogP contribution in [0.5, 0.6) is 0 Å². The van der Waals surface area contributed by atoms with Gasteiger partial charge in [0.15, 0.2) is 0 Å². The molecule has 0 aromatic heterocycles. The summed E-state index contributed by atoms with van der Waals surface area (Å²) in [4.78, 5) is 46.1. The van der Waals surface area contributed by atoms with Gasteiger partial charge in [0.05, 0.1) is 0 Å². The summed E-state index contributed by atoms with van der Waals surface area (Å²) in [6.45, 7) is 1.02. The number of imide groups is 1. The molecule has 0 radical (unpaired) electrons. The molecule has 0 aliphatic carbocycles. The highest BCUT2D eigenvalue weighted by molar-refractivity contribution is 5.94. The molecule has 1 saturated heterocycles. The Balaban J connectivity index is 2.25. The summed E-state index contributed by atoms with van der Waals surface area (Å²) >= 11 is 0. The first-order chi connectivity index (χ1) is 9.49. The zero-order valence-electron chi connectivity index (χ0n) is 11.2. The lowest BCUT2D eigenvalue weighted by Crippen LogP contribution is -2.44. The molecule has 0 aromatic carbocycles. The molecule has 3 N–H and O–H groups in total. The number of unbranched alkanes of at least 4 members (excludes halogenated alkanes) is 1. The van der Waals surface area contributed by atoms with Crippen molar-refractivity contribution in [2.24, 2.45) is 0 Å². The standard InChI is InChI=1S/C12H19N3O5/c16-9-5-7-15(8-6-13-9)12(20)14-10(17)3-1-2-4-11(18)19/h1-8H2,(H,13,16)(H,18,19)(H,14,17,20). The number of aliphatic carboxylic acids is 1. The smallest absolute Gasteiger partial charge is 0.324 e. The zero-order valence-corrected chi connectivity index (χ0v) is 11.2. The number of carboxylic acids is 1. The van der Waals surface area contributed by atoms with Crippen molar-refractivity contribution in [1.29, 1.82) is 0 Å². The van der Waals surface area contributed by atoms with E-state index in [0.717, 1.165) is 0 Å². The maximum Gasteiger partial charge on any atom is 0.324 e. The summed E-state index contributed by atoms with van der Waals surface area (Å²) in [5.41, 5.74) is 0. The molecule has 0 bridgehead atoms. The minimum atomic E-state index is -0.900. The molecule has 1 aliphatic heterocycles. The van der Waals surface area contributed by atoms with Crippen molar-refractivity contribution >= 4 is 23.8 Å². The highest BCUT2D eigenvalue weighted by Gasteiger charge is 2.19. The van der Waals surface area contributed by atoms with Gasteiger partial charge in [-0.2, -0.15) is 0 Å². The average Bonchev–Trinajstić information content (AvgIpc) is 2.59. The van der Waals surface area contributed by atoms with E-state index in [1.165, 1.54) is 4.90 Å². The number of amides is 4. The molecule has 8 heteroatoms. The van der Waals surface area contributed by atoms with Crippen LogP contribution >= 0.6 is 0 Å². The number of hydrogen-bond donors (Lipinski definition) is 3. The van der Waals surface area contributed by atoms with Gasteiger partial charge in [-0.1, -0.05) is 0 Å². The number of carbonyl (C=O) groups excluding carboxylic acids is 3. The number of nitrogens with zero attached hydrogens (tertiary/aromatic N) is 1. The first-order valence-electron chi connectivity index (χ1n) is 6.56. The van der Waals surface area contributed by atoms with E-state index >= 15 is 0 Å². The maximum absolute atomic E-state index is 11.8. The van der Waals surface area contributed by atoms with Gasteiger partial charge >= 0.3 is 12.0 Å². The Kier molecular flexibility index (Phi) is 6.48. The van der Waals surface area contributed by atoms with E-state index in [9.17, 15) is 19.2 Å². The Bertz CT molecular complexity index is 397. The van der Waals surface area contributed by atoms with E-state index in [-0.39, 0.29) is 31.7 Å². The van der Waals surface area contributed by atoms with Gasteiger partial charge in [-0.15, -0.1) is 0 Å². The Morgan fingerprint density at radius 1 is 1.20 bits per heavy atom. The minimum absolute atomic E-state index is 0.0150. The van der Waals surface area contributed by atoms with Crippen LogP contribution in [0.15, 0.2) is 0 Å². The molecule has 0 saturated carbocycles. The number of urea groups is 1. The number of hydrogen-bond acceptors (Lipinski definition) is 4. The lowest BCUT2D eigenvalue weighted by atomic mass is 10.2. The zero-order chi connectivity index (χ0) is 15.0. The number of rotatable bonds is 5. The number of carbonyl (C=O) groups is 4. The van der Waals surface area contributed by atoms with Crippen molar-refractivity contribution in [3.05, 3.63) is 0 Å². The Hall–Kier alpha value is -2.12. The van der Waals surface area contributed by atoms with Crippen molar-refractivity contribution in [3.63, 3.8) is 0 Å². The van der Waals surface area contributed by atoms with Crippen molar-refractivity contribution in [1.82, 2.24) is 15.5 Å². The molecule has 1 rings (SSSR count). The highest BCUT2D eigenvalue weighted by atomic mass is 16.4. The average molecular weight is 285 g/mol. The predicted octanol–water partition coefficient (Wildman–Crippen LogP) is -0.310. The Morgan fingerprint density at radius 3 is 2.60 bits per heavy atom. The van der Waals surface area contributed by atoms with Crippen LogP contribution in [0.1, 0.15) is 32.1 Å². The van der Waals surface area contributed by atoms with E-state index in [1.807, 2.05) is 0 Å². The fraction of sp³-hybridized carbons (Fsp3) is 0.667. The predicted molar refractivity (Wildman–Crippen MR) is 68.8 cm³/mol. The third-order valence-corrected chi connectivity index (χ3v) is 2.89. The lowest BCUT2D eigenvalue weighted by Gasteiger charge is -2.19. The number of carboxylic acid groups (broad SMARTS) is 1. The second-order valence-electron chi connectivity index (χ2n) is 4.54. The molecular weight excluding hydrogens is 266 g/mol. The second-order valence-corrected chi connectivity index (χ2v) is 4.54. The fourth-order valence-corrected chi connectivity index (χ4v) is 1.79. The minimum Gasteiger partial charge on any atom is -0.481 e. The first-order valence-corrected chi connectivity index (χ1v) is 6.56. The summed E-state index contributed by atoms with van der Waals surface area (Å²) < 4.78 is 0. The SMILES string of the molecule is O=C(O)CCCCC(=O)NC(=O)N1CCNC(=O)CC1. The summed E-state index contributed by atoms with van der Waals surface area (Å²) in [6, 6.07) is -0.510. The van der Waals surface area contributed by atoms with E-state index in [4.69, 9.17) is 5.11 Å². The second kappa shape index (κ2) is 8.13. The van der Waals surface area contributed by atoms with E-state index in [2.05, 4.69) is 10.6 Å². The largest absolute Gasteiger partial charge is 0.481 e. The monoisotopic (exact) mass is 285 g/mol. The summed E-state index contributed by atoms with van der Waals surface area (Å²) in [5.74, 6) is -1.44. The molecule has 0 unspecified atom stereocenters. The van der Waals surface area contributed by atoms with Gasteiger partial charge in [0.25, 0.3) is 0 Å². The molecule has 8 nitrogen and oxygen atoms in total. The fourth-order valence-electron chi connectivity index (χ4n) is 1.79. The Labute approximate surface area is 116 Å². The Morgan fingerprint density at radius 2 is 1.90 bits per heavy atom. The van der Waals surface area contributed by atoms with E-state index in [0.29, 0.717) is 25.9 Å². The van der Waals surface area contributed by atoms with Crippen molar-refractivity contribution in [3.8, 4) is 0 Å². The van der Waals surface area contributed by atoms with Crippen LogP contribution < -0.4 is 10.6 Å². The van der Waals surface area contributed by atoms with E-state index in [1.54, 1.807) is 0 Å². The summed E-state index contributed by atoms with van der Waals surface area (Å²) in [7, 11) is 0. The van der Waals surface area contributed by atoms with Gasteiger partial charge in [0.1, 0.15) is 0 Å². The summed E-state index contributed by atoms with van der Waals surface area (Å²) in [6.07, 6.45) is 1.18. The van der Waals surface area contributed by atoms with Crippen LogP contribution in [0, 0.1) is 0 Å². The van der Waals surface area contributed by atoms with Crippen LogP contribution in [0.2, 0.25) is 0 Å². The molecule has 1 fully saturated rings. The quantitative estimate of drug-likeness (QED) is 0.599. The van der Waals surface area contributed by atoms with Crippen molar-refractivity contribution in [2.45, 2.75) is 32.1 Å². The summed E-state index contributed by atoms with van der Waals surface area (Å²) in [5, 5.41) is 13.3. The van der Waals surface area contributed by atoms with Crippen LogP contribution in [0.4, 0.5) is 4.79 Å². The van der Waals surface area contributed by atoms with Gasteiger partial charge in [0.2, 0.25) is 11.8 Å². The van der Waals surface area contributed by atoms with Crippen LogP contribution in [0.25, 0.3) is 0 Å². The molecular formula is C12H19N3O5. The number of nitrogens with one attached hydrogen (secondary N) is 2. The normalized spacial score (nSPS) is 15.2. The van der Waals surface area contributed by atoms with Crippen LogP contribution in [0.3, 0.4) is 0 Å². The molecule has 20 heavy (non-hydrogen) atoms. The van der Waals surface area contributed by atoms with Gasteiger partial charge < -0.3 is 15.3 Å². The van der Waals surface area contributed by atoms with Gasteiger partial charge in [-0.25, -0.2) is 4.79 Å². The maximum atomic E-state index is 11.8. The topological polar surface area (TPSA) is 116 Å². The highest BCUT2D eigenvalue weighted by Crippen LogP contribution is 2.01. The lowest BCUT2D eigenvalue weighted by molar-refractivity contribution is -0.137. The molecule has 0 spiro atoms. The van der Waals surface area contributed by atoms with Gasteiger partial charge in [-0.3, -0.25) is 19.7 Å². The van der Waals surface area contributed by atoms with Gasteiger partial charge in [0, 0.05) is 38.9 Å². The van der Waals surface area contributed by atoms with Crippen LogP contribution in [-0.4, -0.2) is 53.5 Å². The third kappa shape index (κ3) is 6.17. The molecule has 0 aromatic rings. The first kappa shape index (κ1) is 15.9. The third-order valence-electron chi connectivity index (χ3n) is 2.89. The molecule has 112 valence electrons. The van der Waals surface area contributed by atoms with Gasteiger partial charge in [-0.05, 0) is 12.8 Å². The molecule has 4 amide bonds.